The fourth-order valence-corrected chi connectivity index (χ4v) is 4.84. The molecule has 1 aliphatic carbocycles. The van der Waals surface area contributed by atoms with Crippen molar-refractivity contribution in [2.45, 2.75) is 46.1 Å². The molecule has 0 saturated heterocycles. The lowest BCUT2D eigenvalue weighted by Crippen LogP contribution is -2.55. The van der Waals surface area contributed by atoms with Crippen molar-refractivity contribution in [3.05, 3.63) is 59.9 Å². The van der Waals surface area contributed by atoms with Crippen molar-refractivity contribution in [3.63, 3.8) is 0 Å². The fourth-order valence-electron chi connectivity index (χ4n) is 4.84. The summed E-state index contributed by atoms with van der Waals surface area (Å²) in [6, 6.07) is 13.3. The molecule has 194 valence electrons. The molecule has 4 rings (SSSR count). The summed E-state index contributed by atoms with van der Waals surface area (Å²) in [5.74, 6) is 0.936. The molecule has 37 heavy (non-hydrogen) atoms. The Morgan fingerprint density at radius 3 is 2.62 bits per heavy atom. The molecule has 5 N–H and O–H groups in total. The number of para-hydroxylation sites is 1. The number of ketones is 1. The molecule has 0 spiro atoms. The first kappa shape index (κ1) is 25.9. The van der Waals surface area contributed by atoms with Crippen LogP contribution in [0.3, 0.4) is 0 Å². The number of pyridine rings is 1. The number of anilines is 3. The third kappa shape index (κ3) is 5.99. The van der Waals surface area contributed by atoms with E-state index >= 15 is 0 Å². The summed E-state index contributed by atoms with van der Waals surface area (Å²) in [4.78, 5) is 34.8. The number of rotatable bonds is 7. The number of guanidine groups is 1. The number of aromatic nitrogens is 2. The number of fused-ring (bicyclic) bond motifs is 1. The zero-order chi connectivity index (χ0) is 26.7. The highest BCUT2D eigenvalue weighted by Crippen LogP contribution is 2.41. The van der Waals surface area contributed by atoms with Gasteiger partial charge in [-0.3, -0.25) is 15.0 Å². The van der Waals surface area contributed by atoms with E-state index in [1.165, 1.54) is 6.92 Å². The minimum absolute atomic E-state index is 0.00682. The van der Waals surface area contributed by atoms with Crippen LogP contribution < -0.4 is 16.0 Å². The molecule has 0 fully saturated rings. The van der Waals surface area contributed by atoms with E-state index in [1.807, 2.05) is 55.3 Å². The minimum Gasteiger partial charge on any atom is -0.356 e. The Bertz CT molecular complexity index is 1320. The summed E-state index contributed by atoms with van der Waals surface area (Å²) in [7, 11) is 1.89. The molecule has 0 bridgehead atoms. The van der Waals surface area contributed by atoms with Gasteiger partial charge in [-0.1, -0.05) is 32.0 Å². The summed E-state index contributed by atoms with van der Waals surface area (Å²) < 4.78 is 0. The number of benzene rings is 1. The van der Waals surface area contributed by atoms with Gasteiger partial charge in [0.05, 0.1) is 22.5 Å². The number of hydrogen-bond donors (Lipinski definition) is 5. The number of carbonyl (C=O) groups excluding carboxylic acids is 2. The quantitative estimate of drug-likeness (QED) is 0.234. The van der Waals surface area contributed by atoms with E-state index < -0.39 is 5.54 Å². The molecule has 2 aromatic heterocycles. The predicted octanol–water partition coefficient (Wildman–Crippen LogP) is 4.78. The maximum absolute atomic E-state index is 13.6. The van der Waals surface area contributed by atoms with Gasteiger partial charge in [-0.15, -0.1) is 0 Å². The highest BCUT2D eigenvalue weighted by Gasteiger charge is 2.39. The molecule has 9 heteroatoms. The first-order chi connectivity index (χ1) is 17.5. The minimum atomic E-state index is -0.613. The second kappa shape index (κ2) is 10.5. The standard InChI is InChI=1S/C28H35N7O2/c1-17(2)16-35(5)27(29)34-28(4)14-21-24(22(37)15-28)26(32-20-9-7-6-8-10-20)25(33-21)19-11-12-30-23(13-19)31-18(3)36/h6-13,17,32-33H,14-16H2,1-5H3,(H2,29,34)(H,30,31,36). The fraction of sp³-hybridized carbons (Fsp3) is 0.357. The molecule has 1 atom stereocenters. The Morgan fingerprint density at radius 1 is 1.22 bits per heavy atom. The topological polar surface area (TPSA) is 126 Å². The lowest BCUT2D eigenvalue weighted by molar-refractivity contribution is -0.114. The van der Waals surface area contributed by atoms with Crippen LogP contribution in [0.2, 0.25) is 0 Å². The van der Waals surface area contributed by atoms with Crippen LogP contribution in [0.15, 0.2) is 48.7 Å². The first-order valence-electron chi connectivity index (χ1n) is 12.5. The molecule has 0 saturated carbocycles. The maximum Gasteiger partial charge on any atom is 0.222 e. The van der Waals surface area contributed by atoms with Crippen LogP contribution in [0.5, 0.6) is 0 Å². The summed E-state index contributed by atoms with van der Waals surface area (Å²) in [6.07, 6.45) is 2.43. The molecule has 0 radical (unpaired) electrons. The smallest absolute Gasteiger partial charge is 0.222 e. The van der Waals surface area contributed by atoms with Gasteiger partial charge in [0, 0.05) is 56.5 Å². The van der Waals surface area contributed by atoms with E-state index in [4.69, 9.17) is 5.41 Å². The van der Waals surface area contributed by atoms with Crippen LogP contribution in [0.4, 0.5) is 17.2 Å². The van der Waals surface area contributed by atoms with Gasteiger partial charge in [-0.25, -0.2) is 4.98 Å². The Balaban J connectivity index is 1.73. The van der Waals surface area contributed by atoms with E-state index in [0.717, 1.165) is 29.2 Å². The zero-order valence-corrected chi connectivity index (χ0v) is 22.0. The van der Waals surface area contributed by atoms with Crippen molar-refractivity contribution in [2.75, 3.05) is 24.2 Å². The average molecular weight is 502 g/mol. The molecule has 2 heterocycles. The normalized spacial score (nSPS) is 16.8. The van der Waals surface area contributed by atoms with Gasteiger partial charge in [0.15, 0.2) is 11.7 Å². The van der Waals surface area contributed by atoms with E-state index in [0.29, 0.717) is 35.4 Å². The van der Waals surface area contributed by atoms with E-state index in [-0.39, 0.29) is 18.1 Å². The summed E-state index contributed by atoms with van der Waals surface area (Å²) >= 11 is 0. The third-order valence-electron chi connectivity index (χ3n) is 6.31. The molecular formula is C28H35N7O2. The van der Waals surface area contributed by atoms with Gasteiger partial charge in [0.1, 0.15) is 5.82 Å². The largest absolute Gasteiger partial charge is 0.356 e. The van der Waals surface area contributed by atoms with Crippen LogP contribution in [-0.2, 0) is 11.2 Å². The van der Waals surface area contributed by atoms with Crippen molar-refractivity contribution in [1.29, 1.82) is 5.41 Å². The van der Waals surface area contributed by atoms with Gasteiger partial charge in [-0.2, -0.15) is 0 Å². The summed E-state index contributed by atoms with van der Waals surface area (Å²) in [6.45, 7) is 8.39. The summed E-state index contributed by atoms with van der Waals surface area (Å²) in [5, 5.41) is 18.0. The molecule has 1 unspecified atom stereocenters. The number of aromatic amines is 1. The molecule has 1 amide bonds. The number of nitrogens with zero attached hydrogens (tertiary/aromatic N) is 2. The predicted molar refractivity (Wildman–Crippen MR) is 147 cm³/mol. The average Bonchev–Trinajstić information content (AvgIpc) is 3.16. The van der Waals surface area contributed by atoms with Crippen LogP contribution in [0.1, 0.15) is 50.2 Å². The highest BCUT2D eigenvalue weighted by atomic mass is 16.1. The molecule has 1 aliphatic rings. The number of carbonyl (C=O) groups is 2. The second-order valence-electron chi connectivity index (χ2n) is 10.4. The number of hydrogen-bond acceptors (Lipinski definition) is 5. The molecule has 0 aliphatic heterocycles. The van der Waals surface area contributed by atoms with Crippen LogP contribution in [0.25, 0.3) is 11.3 Å². The van der Waals surface area contributed by atoms with Gasteiger partial charge in [0.2, 0.25) is 5.91 Å². The Morgan fingerprint density at radius 2 is 1.95 bits per heavy atom. The van der Waals surface area contributed by atoms with Crippen LogP contribution in [-0.4, -0.2) is 51.6 Å². The molecular weight excluding hydrogens is 466 g/mol. The van der Waals surface area contributed by atoms with Crippen LogP contribution in [0, 0.1) is 11.3 Å². The molecule has 9 nitrogen and oxygen atoms in total. The Labute approximate surface area is 217 Å². The van der Waals surface area contributed by atoms with E-state index in [9.17, 15) is 9.59 Å². The van der Waals surface area contributed by atoms with Gasteiger partial charge >= 0.3 is 0 Å². The molecule has 3 aromatic rings. The second-order valence-corrected chi connectivity index (χ2v) is 10.4. The lowest BCUT2D eigenvalue weighted by atomic mass is 9.81. The van der Waals surface area contributed by atoms with Gasteiger partial charge < -0.3 is 25.8 Å². The van der Waals surface area contributed by atoms with E-state index in [1.54, 1.807) is 12.3 Å². The SMILES string of the molecule is CC(=O)Nc1cc(-c2[nH]c3c(c2Nc2ccccc2)C(=O)CC(C)(NC(=N)N(C)CC(C)C)C3)ccn1. The first-order valence-corrected chi connectivity index (χ1v) is 12.5. The van der Waals surface area contributed by atoms with Crippen molar-refractivity contribution in [2.24, 2.45) is 5.92 Å². The van der Waals surface area contributed by atoms with Crippen LogP contribution >= 0.6 is 0 Å². The third-order valence-corrected chi connectivity index (χ3v) is 6.31. The van der Waals surface area contributed by atoms with Crippen molar-refractivity contribution >= 4 is 34.8 Å². The van der Waals surface area contributed by atoms with Crippen molar-refractivity contribution < 1.29 is 9.59 Å². The maximum atomic E-state index is 13.6. The zero-order valence-electron chi connectivity index (χ0n) is 22.0. The van der Waals surface area contributed by atoms with Crippen molar-refractivity contribution in [3.8, 4) is 11.3 Å². The monoisotopic (exact) mass is 501 g/mol. The summed E-state index contributed by atoms with van der Waals surface area (Å²) in [5.41, 5.74) is 3.90. The Kier molecular flexibility index (Phi) is 7.33. The van der Waals surface area contributed by atoms with Gasteiger partial charge in [-0.05, 0) is 37.1 Å². The number of H-pyrrole nitrogens is 1. The number of nitrogens with one attached hydrogen (secondary N) is 5. The number of amides is 1. The highest BCUT2D eigenvalue weighted by molar-refractivity contribution is 6.08. The Hall–Kier alpha value is -4.14. The van der Waals surface area contributed by atoms with E-state index in [2.05, 4.69) is 39.8 Å². The van der Waals surface area contributed by atoms with Crippen molar-refractivity contribution in [1.82, 2.24) is 20.2 Å². The lowest BCUT2D eigenvalue weighted by Gasteiger charge is -2.37. The van der Waals surface area contributed by atoms with Gasteiger partial charge in [0.25, 0.3) is 0 Å². The molecule has 1 aromatic carbocycles. The number of Topliss-reactive ketones (excluding diaryl/α,β-unsaturated/α-hetero) is 1.